The average Bonchev–Trinajstić information content (AvgIpc) is 2.54. The van der Waals surface area contributed by atoms with Gasteiger partial charge in [-0.25, -0.2) is 8.42 Å². The quantitative estimate of drug-likeness (QED) is 0.733. The molecule has 0 aromatic carbocycles. The molecule has 1 heterocycles. The van der Waals surface area contributed by atoms with Crippen LogP contribution in [0.25, 0.3) is 0 Å². The number of nitrogens with zero attached hydrogens (tertiary/aromatic N) is 1. The van der Waals surface area contributed by atoms with E-state index in [-0.39, 0.29) is 23.7 Å². The van der Waals surface area contributed by atoms with Gasteiger partial charge in [-0.2, -0.15) is 0 Å². The summed E-state index contributed by atoms with van der Waals surface area (Å²) in [5.74, 6) is 0.0776. The molecule has 5 nitrogen and oxygen atoms in total. The van der Waals surface area contributed by atoms with Gasteiger partial charge >= 0.3 is 0 Å². The van der Waals surface area contributed by atoms with Crippen molar-refractivity contribution in [2.45, 2.75) is 38.8 Å². The van der Waals surface area contributed by atoms with Gasteiger partial charge in [0.25, 0.3) is 0 Å². The van der Waals surface area contributed by atoms with E-state index >= 15 is 0 Å². The molecule has 17 heavy (non-hydrogen) atoms. The van der Waals surface area contributed by atoms with Crippen LogP contribution in [0.15, 0.2) is 0 Å². The molecule has 2 unspecified atom stereocenters. The summed E-state index contributed by atoms with van der Waals surface area (Å²) in [6, 6.07) is -0.358. The molecule has 100 valence electrons. The second-order valence-electron chi connectivity index (χ2n) is 4.77. The summed E-state index contributed by atoms with van der Waals surface area (Å²) in [4.78, 5) is 13.7. The molecule has 0 aromatic rings. The highest BCUT2D eigenvalue weighted by atomic mass is 32.2. The predicted octanol–water partition coefficient (Wildman–Crippen LogP) is 0.0200. The van der Waals surface area contributed by atoms with Gasteiger partial charge in [0.05, 0.1) is 11.8 Å². The number of amides is 1. The molecule has 1 saturated heterocycles. The van der Waals surface area contributed by atoms with E-state index in [0.717, 1.165) is 19.4 Å². The second kappa shape index (κ2) is 5.82. The fourth-order valence-corrected chi connectivity index (χ4v) is 3.23. The molecule has 1 N–H and O–H groups in total. The minimum Gasteiger partial charge on any atom is -0.338 e. The molecular weight excluding hydrogens is 240 g/mol. The lowest BCUT2D eigenvalue weighted by molar-refractivity contribution is -0.130. The number of hydrogen-bond donors (Lipinski definition) is 1. The van der Waals surface area contributed by atoms with Gasteiger partial charge in [-0.05, 0) is 26.3 Å². The molecule has 0 aromatic heterocycles. The number of carbonyl (C=O) groups excluding carboxylic acids is 1. The molecule has 2 atom stereocenters. The fraction of sp³-hybridized carbons (Fsp3) is 0.909. The lowest BCUT2D eigenvalue weighted by Gasteiger charge is -2.24. The second-order valence-corrected chi connectivity index (χ2v) is 6.95. The van der Waals surface area contributed by atoms with Crippen molar-refractivity contribution in [1.29, 1.82) is 0 Å². The largest absolute Gasteiger partial charge is 0.338 e. The third-order valence-electron chi connectivity index (χ3n) is 2.96. The van der Waals surface area contributed by atoms with Crippen LogP contribution in [-0.4, -0.2) is 56.4 Å². The maximum atomic E-state index is 12.0. The molecule has 1 rings (SSSR count). The highest BCUT2D eigenvalue weighted by molar-refractivity contribution is 7.90. The van der Waals surface area contributed by atoms with E-state index in [2.05, 4.69) is 12.2 Å². The summed E-state index contributed by atoms with van der Waals surface area (Å²) < 4.78 is 22.4. The van der Waals surface area contributed by atoms with Crippen LogP contribution in [0.3, 0.4) is 0 Å². The van der Waals surface area contributed by atoms with Gasteiger partial charge in [0, 0.05) is 18.8 Å². The number of hydrogen-bond acceptors (Lipinski definition) is 4. The minimum absolute atomic E-state index is 0.0367. The van der Waals surface area contributed by atoms with Crippen LogP contribution >= 0.6 is 0 Å². The van der Waals surface area contributed by atoms with Crippen molar-refractivity contribution < 1.29 is 13.2 Å². The zero-order valence-corrected chi connectivity index (χ0v) is 11.6. The van der Waals surface area contributed by atoms with E-state index in [1.54, 1.807) is 11.8 Å². The van der Waals surface area contributed by atoms with Crippen LogP contribution < -0.4 is 5.32 Å². The van der Waals surface area contributed by atoms with Crippen LogP contribution in [-0.2, 0) is 14.6 Å². The maximum Gasteiger partial charge on any atom is 0.240 e. The molecule has 0 radical (unpaired) electrons. The van der Waals surface area contributed by atoms with Crippen LogP contribution in [0, 0.1) is 0 Å². The summed E-state index contributed by atoms with van der Waals surface area (Å²) in [5.41, 5.74) is 0. The Kier molecular flexibility index (Phi) is 4.94. The summed E-state index contributed by atoms with van der Waals surface area (Å²) in [7, 11) is -3.03. The zero-order chi connectivity index (χ0) is 13.1. The van der Waals surface area contributed by atoms with Gasteiger partial charge in [-0.3, -0.25) is 4.79 Å². The van der Waals surface area contributed by atoms with Crippen molar-refractivity contribution in [3.05, 3.63) is 0 Å². The van der Waals surface area contributed by atoms with Crippen molar-refractivity contribution in [3.63, 3.8) is 0 Å². The standard InChI is InChI=1S/C11H22N2O3S/c1-4-6-12-10-5-7-13(11(10)14)9(2)8-17(3,15)16/h9-10,12H,4-8H2,1-3H3. The summed E-state index contributed by atoms with van der Waals surface area (Å²) in [6.45, 7) is 5.32. The minimum atomic E-state index is -3.03. The van der Waals surface area contributed by atoms with Crippen LogP contribution in [0.4, 0.5) is 0 Å². The third kappa shape index (κ3) is 4.27. The number of nitrogens with one attached hydrogen (secondary N) is 1. The van der Waals surface area contributed by atoms with Crippen molar-refractivity contribution in [2.75, 3.05) is 25.1 Å². The Morgan fingerprint density at radius 3 is 2.71 bits per heavy atom. The Morgan fingerprint density at radius 1 is 1.53 bits per heavy atom. The average molecular weight is 262 g/mol. The topological polar surface area (TPSA) is 66.5 Å². The molecule has 0 aliphatic carbocycles. The first-order chi connectivity index (χ1) is 7.85. The monoisotopic (exact) mass is 262 g/mol. The first-order valence-corrected chi connectivity index (χ1v) is 8.12. The number of sulfone groups is 1. The molecule has 0 saturated carbocycles. The Hall–Kier alpha value is -0.620. The maximum absolute atomic E-state index is 12.0. The van der Waals surface area contributed by atoms with E-state index in [4.69, 9.17) is 0 Å². The lowest BCUT2D eigenvalue weighted by Crippen LogP contribution is -2.44. The molecule has 1 fully saturated rings. The normalized spacial score (nSPS) is 23.1. The molecule has 1 aliphatic rings. The van der Waals surface area contributed by atoms with Crippen molar-refractivity contribution in [2.24, 2.45) is 0 Å². The predicted molar refractivity (Wildman–Crippen MR) is 67.6 cm³/mol. The van der Waals surface area contributed by atoms with Crippen molar-refractivity contribution in [1.82, 2.24) is 10.2 Å². The summed E-state index contributed by atoms with van der Waals surface area (Å²) >= 11 is 0. The zero-order valence-electron chi connectivity index (χ0n) is 10.8. The van der Waals surface area contributed by atoms with E-state index in [1.807, 2.05) is 0 Å². The van der Waals surface area contributed by atoms with E-state index < -0.39 is 9.84 Å². The first-order valence-electron chi connectivity index (χ1n) is 6.06. The molecule has 0 spiro atoms. The van der Waals surface area contributed by atoms with Gasteiger partial charge in [0.1, 0.15) is 9.84 Å². The van der Waals surface area contributed by atoms with Crippen LogP contribution in [0.2, 0.25) is 0 Å². The third-order valence-corrected chi connectivity index (χ3v) is 4.04. The van der Waals surface area contributed by atoms with E-state index in [9.17, 15) is 13.2 Å². The Labute approximate surface area is 103 Å². The molecule has 1 aliphatic heterocycles. The van der Waals surface area contributed by atoms with Gasteiger partial charge in [-0.1, -0.05) is 6.92 Å². The Morgan fingerprint density at radius 2 is 2.18 bits per heavy atom. The van der Waals surface area contributed by atoms with Crippen molar-refractivity contribution in [3.8, 4) is 0 Å². The molecule has 0 bridgehead atoms. The summed E-state index contributed by atoms with van der Waals surface area (Å²) in [5, 5.41) is 3.19. The summed E-state index contributed by atoms with van der Waals surface area (Å²) in [6.07, 6.45) is 2.96. The fourth-order valence-electron chi connectivity index (χ4n) is 2.18. The van der Waals surface area contributed by atoms with Crippen LogP contribution in [0.1, 0.15) is 26.7 Å². The van der Waals surface area contributed by atoms with Crippen molar-refractivity contribution >= 4 is 15.7 Å². The SMILES string of the molecule is CCCNC1CCN(C(C)CS(C)(=O)=O)C1=O. The van der Waals surface area contributed by atoms with Gasteiger partial charge < -0.3 is 10.2 Å². The van der Waals surface area contributed by atoms with E-state index in [0.29, 0.717) is 6.54 Å². The number of rotatable bonds is 6. The number of likely N-dealkylation sites (tertiary alicyclic amines) is 1. The molecular formula is C11H22N2O3S. The number of carbonyl (C=O) groups is 1. The lowest BCUT2D eigenvalue weighted by atomic mass is 10.2. The van der Waals surface area contributed by atoms with Gasteiger partial charge in [-0.15, -0.1) is 0 Å². The van der Waals surface area contributed by atoms with Crippen LogP contribution in [0.5, 0.6) is 0 Å². The molecule has 1 amide bonds. The first kappa shape index (κ1) is 14.4. The highest BCUT2D eigenvalue weighted by Crippen LogP contribution is 2.15. The smallest absolute Gasteiger partial charge is 0.240 e. The van der Waals surface area contributed by atoms with E-state index in [1.165, 1.54) is 6.26 Å². The Bertz CT molecular complexity index is 367. The molecule has 6 heteroatoms. The van der Waals surface area contributed by atoms with Gasteiger partial charge in [0.15, 0.2) is 0 Å². The van der Waals surface area contributed by atoms with Gasteiger partial charge in [0.2, 0.25) is 5.91 Å². The Balaban J connectivity index is 2.54. The highest BCUT2D eigenvalue weighted by Gasteiger charge is 2.34.